The summed E-state index contributed by atoms with van der Waals surface area (Å²) in [5.74, 6) is 2.10. The molecule has 288 valence electrons. The minimum atomic E-state index is -1.38. The fourth-order valence-corrected chi connectivity index (χ4v) is 11.3. The molecule has 6 heteroatoms. The summed E-state index contributed by atoms with van der Waals surface area (Å²) in [4.78, 5) is 0. The van der Waals surface area contributed by atoms with Gasteiger partial charge in [-0.15, -0.1) is 0 Å². The Morgan fingerprint density at radius 3 is 1.75 bits per heavy atom. The molecule has 1 fully saturated rings. The van der Waals surface area contributed by atoms with Crippen molar-refractivity contribution in [3.05, 3.63) is 155 Å². The first-order valence-electron chi connectivity index (χ1n) is 19.9. The lowest BCUT2D eigenvalue weighted by atomic mass is 9.52. The molecule has 4 aliphatic rings. The molecule has 2 aliphatic carbocycles. The van der Waals surface area contributed by atoms with Crippen molar-refractivity contribution >= 4 is 16.8 Å². The quantitative estimate of drug-likeness (QED) is 0.183. The molecular formula is C51H48O6. The number of aliphatic hydroxyl groups excluding tert-OH is 1. The van der Waals surface area contributed by atoms with Crippen LogP contribution < -0.4 is 23.7 Å². The Labute approximate surface area is 334 Å². The van der Waals surface area contributed by atoms with E-state index in [1.807, 2.05) is 54.6 Å². The molecule has 1 atom stereocenters. The van der Waals surface area contributed by atoms with Gasteiger partial charge in [-0.3, -0.25) is 0 Å². The highest BCUT2D eigenvalue weighted by molar-refractivity contribution is 6.10. The number of methoxy groups -OCH3 is 2. The average Bonchev–Trinajstić information content (AvgIpc) is 3.72. The Bertz CT molecular complexity index is 2520. The fraction of sp³-hybridized carbons (Fsp3) is 0.294. The summed E-state index contributed by atoms with van der Waals surface area (Å²) >= 11 is 0. The SMILES string of the molecule is COc1ccc(C2(c3ccc(OC)cc3)C=Cc3c4c(c5cc6c(cc5c3O2)OC(CO)(c2ccccc2)O6)-c2ccccc2C42CC(C)(C)CC(C)(C)C2)cc1. The van der Waals surface area contributed by atoms with Gasteiger partial charge in [0.2, 0.25) is 0 Å². The van der Waals surface area contributed by atoms with Crippen LogP contribution in [0.25, 0.3) is 28.0 Å². The van der Waals surface area contributed by atoms with Gasteiger partial charge in [0.05, 0.1) is 14.2 Å². The van der Waals surface area contributed by atoms with Gasteiger partial charge in [-0.2, -0.15) is 0 Å². The lowest BCUT2D eigenvalue weighted by molar-refractivity contribution is -0.122. The summed E-state index contributed by atoms with van der Waals surface area (Å²) in [7, 11) is 3.37. The van der Waals surface area contributed by atoms with Crippen LogP contribution in [0.5, 0.6) is 28.7 Å². The summed E-state index contributed by atoms with van der Waals surface area (Å²) in [6.07, 6.45) is 7.71. The maximum absolute atomic E-state index is 10.9. The summed E-state index contributed by atoms with van der Waals surface area (Å²) in [6, 6.07) is 39.2. The van der Waals surface area contributed by atoms with E-state index in [2.05, 4.69) is 101 Å². The Hall–Kier alpha value is -5.72. The first-order chi connectivity index (χ1) is 27.4. The van der Waals surface area contributed by atoms with Gasteiger partial charge >= 0.3 is 5.79 Å². The molecule has 2 heterocycles. The normalized spacial score (nSPS) is 21.0. The van der Waals surface area contributed by atoms with Crippen LogP contribution in [-0.4, -0.2) is 25.9 Å². The zero-order chi connectivity index (χ0) is 39.4. The third-order valence-corrected chi connectivity index (χ3v) is 12.8. The molecule has 0 saturated heterocycles. The van der Waals surface area contributed by atoms with E-state index in [4.69, 9.17) is 23.7 Å². The third-order valence-electron chi connectivity index (χ3n) is 12.8. The van der Waals surface area contributed by atoms with E-state index in [-0.39, 0.29) is 22.9 Å². The molecule has 1 unspecified atom stereocenters. The smallest absolute Gasteiger partial charge is 0.301 e. The van der Waals surface area contributed by atoms with E-state index in [1.54, 1.807) is 14.2 Å². The van der Waals surface area contributed by atoms with Crippen molar-refractivity contribution in [2.24, 2.45) is 10.8 Å². The van der Waals surface area contributed by atoms with Gasteiger partial charge in [-0.1, -0.05) is 113 Å². The molecule has 1 spiro atoms. The monoisotopic (exact) mass is 756 g/mol. The summed E-state index contributed by atoms with van der Waals surface area (Å²) in [5.41, 5.74) is 7.83. The maximum atomic E-state index is 10.9. The number of hydrogen-bond acceptors (Lipinski definition) is 6. The summed E-state index contributed by atoms with van der Waals surface area (Å²) in [6.45, 7) is 9.38. The first-order valence-corrected chi connectivity index (χ1v) is 19.9. The minimum absolute atomic E-state index is 0.0821. The van der Waals surface area contributed by atoms with Crippen LogP contribution in [-0.2, 0) is 16.8 Å². The van der Waals surface area contributed by atoms with Crippen molar-refractivity contribution in [3.8, 4) is 39.9 Å². The highest BCUT2D eigenvalue weighted by Gasteiger charge is 2.56. The van der Waals surface area contributed by atoms with Crippen molar-refractivity contribution < 1.29 is 28.8 Å². The van der Waals surface area contributed by atoms with Crippen molar-refractivity contribution in [1.29, 1.82) is 0 Å². The van der Waals surface area contributed by atoms with Gasteiger partial charge in [-0.05, 0) is 100 Å². The van der Waals surface area contributed by atoms with Crippen molar-refractivity contribution in [3.63, 3.8) is 0 Å². The van der Waals surface area contributed by atoms with Crippen LogP contribution in [0, 0.1) is 10.8 Å². The minimum Gasteiger partial charge on any atom is -0.497 e. The third kappa shape index (κ3) is 5.26. The van der Waals surface area contributed by atoms with Crippen LogP contribution in [0.1, 0.15) is 80.3 Å². The zero-order valence-corrected chi connectivity index (χ0v) is 33.4. The molecule has 6 aromatic carbocycles. The molecule has 1 N–H and O–H groups in total. The Morgan fingerprint density at radius 1 is 0.614 bits per heavy atom. The molecule has 1 saturated carbocycles. The van der Waals surface area contributed by atoms with Crippen LogP contribution in [0.4, 0.5) is 0 Å². The molecule has 0 aromatic heterocycles. The summed E-state index contributed by atoms with van der Waals surface area (Å²) < 4.78 is 32.3. The van der Waals surface area contributed by atoms with Gasteiger partial charge in [-0.25, -0.2) is 0 Å². The van der Waals surface area contributed by atoms with Crippen molar-refractivity contribution in [2.45, 2.75) is 63.8 Å². The van der Waals surface area contributed by atoms with E-state index in [0.717, 1.165) is 69.5 Å². The predicted octanol–water partition coefficient (Wildman–Crippen LogP) is 11.3. The second kappa shape index (κ2) is 12.4. The Morgan fingerprint density at radius 2 is 1.18 bits per heavy atom. The van der Waals surface area contributed by atoms with E-state index >= 15 is 0 Å². The van der Waals surface area contributed by atoms with Gasteiger partial charge in [0.1, 0.15) is 23.9 Å². The first kappa shape index (κ1) is 35.7. The molecule has 10 rings (SSSR count). The van der Waals surface area contributed by atoms with Crippen LogP contribution in [0.2, 0.25) is 0 Å². The van der Waals surface area contributed by atoms with Crippen molar-refractivity contribution in [2.75, 3.05) is 20.8 Å². The predicted molar refractivity (Wildman–Crippen MR) is 224 cm³/mol. The second-order valence-electron chi connectivity index (χ2n) is 17.9. The number of benzene rings is 6. The van der Waals surface area contributed by atoms with E-state index in [9.17, 15) is 5.11 Å². The number of rotatable bonds is 6. The lowest BCUT2D eigenvalue weighted by Crippen LogP contribution is -2.44. The van der Waals surface area contributed by atoms with Crippen LogP contribution in [0.15, 0.2) is 121 Å². The van der Waals surface area contributed by atoms with Gasteiger partial charge in [0.15, 0.2) is 17.1 Å². The maximum Gasteiger partial charge on any atom is 0.301 e. The van der Waals surface area contributed by atoms with E-state index in [1.165, 1.54) is 22.3 Å². The topological polar surface area (TPSA) is 66.4 Å². The van der Waals surface area contributed by atoms with Crippen LogP contribution in [0.3, 0.4) is 0 Å². The number of aliphatic hydroxyl groups is 1. The van der Waals surface area contributed by atoms with Crippen LogP contribution >= 0.6 is 0 Å². The van der Waals surface area contributed by atoms with E-state index < -0.39 is 11.4 Å². The Kier molecular flexibility index (Phi) is 7.75. The molecule has 0 radical (unpaired) electrons. The number of fused-ring (bicyclic) bond motifs is 11. The molecular weight excluding hydrogens is 709 g/mol. The molecule has 6 nitrogen and oxygen atoms in total. The molecule has 6 aromatic rings. The molecule has 0 bridgehead atoms. The van der Waals surface area contributed by atoms with Gasteiger partial charge in [0.25, 0.3) is 0 Å². The average molecular weight is 757 g/mol. The van der Waals surface area contributed by atoms with Gasteiger partial charge < -0.3 is 28.8 Å². The standard InChI is InChI=1S/C51H48O6/c1-47(2)28-48(3,4)30-49(29-47)41-15-11-10-14-37(41)44-39-26-42-43(56-51(31-52,55-42)34-12-8-7-9-13-34)27-40(39)46-38(45(44)49)24-25-50(57-46,32-16-20-35(53-5)21-17-32)33-18-22-36(54-6)23-19-33/h7-27,52H,28-31H2,1-6H3. The summed E-state index contributed by atoms with van der Waals surface area (Å²) in [5, 5.41) is 12.9. The Balaban J connectivity index is 1.29. The number of hydrogen-bond donors (Lipinski definition) is 1. The zero-order valence-electron chi connectivity index (χ0n) is 33.4. The lowest BCUT2D eigenvalue weighted by Gasteiger charge is -2.52. The largest absolute Gasteiger partial charge is 0.497 e. The highest BCUT2D eigenvalue weighted by atomic mass is 16.7. The van der Waals surface area contributed by atoms with Gasteiger partial charge in [0, 0.05) is 33.1 Å². The molecule has 57 heavy (non-hydrogen) atoms. The van der Waals surface area contributed by atoms with E-state index in [0.29, 0.717) is 11.5 Å². The molecule has 2 aliphatic heterocycles. The second-order valence-corrected chi connectivity index (χ2v) is 17.9. The molecule has 0 amide bonds. The highest BCUT2D eigenvalue weighted by Crippen LogP contribution is 2.67. The van der Waals surface area contributed by atoms with Crippen molar-refractivity contribution in [1.82, 2.24) is 0 Å². The number of ether oxygens (including phenoxy) is 5. The fourth-order valence-electron chi connectivity index (χ4n) is 11.3.